The molecule has 43 heavy (non-hydrogen) atoms. The number of hydrogen-bond acceptors (Lipinski definition) is 9. The summed E-state index contributed by atoms with van der Waals surface area (Å²) in [5, 5.41) is 11.4. The molecule has 4 rings (SSSR count). The number of fused-ring (bicyclic) bond motifs is 2. The van der Waals surface area contributed by atoms with Crippen LogP contribution in [0.1, 0.15) is 58.1 Å². The Morgan fingerprint density at radius 3 is 2.14 bits per heavy atom. The van der Waals surface area contributed by atoms with Gasteiger partial charge in [-0.1, -0.05) is 70.2 Å². The highest BCUT2D eigenvalue weighted by atomic mass is 16.7. The van der Waals surface area contributed by atoms with Crippen LogP contribution >= 0.6 is 0 Å². The van der Waals surface area contributed by atoms with E-state index in [9.17, 15) is 9.90 Å². The second kappa shape index (κ2) is 14.6. The highest BCUT2D eigenvalue weighted by Gasteiger charge is 2.65. The molecule has 2 aliphatic carbocycles. The lowest BCUT2D eigenvalue weighted by Gasteiger charge is -2.46. The monoisotopic (exact) mass is 600 g/mol. The maximum absolute atomic E-state index is 14.1. The predicted octanol–water partition coefficient (Wildman–Crippen LogP) is 5.27. The minimum absolute atomic E-state index is 0.0356. The van der Waals surface area contributed by atoms with Crippen LogP contribution in [0, 0.1) is 16.7 Å². The summed E-state index contributed by atoms with van der Waals surface area (Å²) in [5.41, 5.74) is -0.632. The minimum atomic E-state index is -1.26. The lowest BCUT2D eigenvalue weighted by molar-refractivity contribution is -0.225. The Bertz CT molecular complexity index is 1150. The number of carbonyl (C=O) groups is 1. The molecule has 0 radical (unpaired) electrons. The van der Waals surface area contributed by atoms with Gasteiger partial charge in [0.15, 0.2) is 5.78 Å². The largest absolute Gasteiger partial charge is 0.497 e. The fourth-order valence-electron chi connectivity index (χ4n) is 6.87. The molecule has 238 valence electrons. The number of aliphatic hydroxyl groups is 1. The Labute approximate surface area is 255 Å². The predicted molar refractivity (Wildman–Crippen MR) is 160 cm³/mol. The number of hydrogen-bond donors (Lipinski definition) is 1. The van der Waals surface area contributed by atoms with Crippen LogP contribution in [0.3, 0.4) is 0 Å². The summed E-state index contributed by atoms with van der Waals surface area (Å²) in [7, 11) is 3.21. The van der Waals surface area contributed by atoms with Gasteiger partial charge in [0.05, 0.1) is 32.5 Å². The van der Waals surface area contributed by atoms with Gasteiger partial charge in [-0.25, -0.2) is 0 Å². The van der Waals surface area contributed by atoms with Crippen molar-refractivity contribution in [1.82, 2.24) is 0 Å². The van der Waals surface area contributed by atoms with Gasteiger partial charge in [-0.3, -0.25) is 4.79 Å². The van der Waals surface area contributed by atoms with Crippen LogP contribution in [-0.4, -0.2) is 69.4 Å². The molecule has 9 heteroatoms. The van der Waals surface area contributed by atoms with Crippen LogP contribution in [0.15, 0.2) is 54.6 Å². The summed E-state index contributed by atoms with van der Waals surface area (Å²) in [4.78, 5) is 14.1. The van der Waals surface area contributed by atoms with Gasteiger partial charge in [0.2, 0.25) is 0 Å². The van der Waals surface area contributed by atoms with Crippen molar-refractivity contribution in [1.29, 1.82) is 0 Å². The van der Waals surface area contributed by atoms with E-state index in [1.54, 1.807) is 14.2 Å². The number of carbonyl (C=O) groups excluding carboxylic acids is 1. The molecular formula is C34H48O9. The zero-order valence-corrected chi connectivity index (χ0v) is 26.4. The molecule has 0 aromatic heterocycles. The summed E-state index contributed by atoms with van der Waals surface area (Å²) in [5.74, 6) is 0.297. The normalized spacial score (nSPS) is 28.2. The molecule has 0 amide bonds. The van der Waals surface area contributed by atoms with Gasteiger partial charge < -0.3 is 38.3 Å². The molecule has 2 aromatic carbocycles. The second-order valence-corrected chi connectivity index (χ2v) is 12.8. The summed E-state index contributed by atoms with van der Waals surface area (Å²) in [6, 6.07) is 17.5. The Morgan fingerprint density at radius 2 is 1.49 bits per heavy atom. The van der Waals surface area contributed by atoms with Gasteiger partial charge in [0.1, 0.15) is 37.8 Å². The van der Waals surface area contributed by atoms with E-state index in [1.807, 2.05) is 82.3 Å². The number of methoxy groups -OCH3 is 2. The molecule has 2 aromatic rings. The average Bonchev–Trinajstić information content (AvgIpc) is 3.26. The first-order valence-corrected chi connectivity index (χ1v) is 15.0. The summed E-state index contributed by atoms with van der Waals surface area (Å²) >= 11 is 0. The molecule has 2 aliphatic rings. The number of benzene rings is 2. The second-order valence-electron chi connectivity index (χ2n) is 12.8. The Hall–Kier alpha value is -2.37. The molecule has 0 saturated heterocycles. The quantitative estimate of drug-likeness (QED) is 0.230. The van der Waals surface area contributed by atoms with Crippen molar-refractivity contribution < 1.29 is 43.1 Å². The van der Waals surface area contributed by atoms with Crippen molar-refractivity contribution in [3.63, 3.8) is 0 Å². The molecule has 0 unspecified atom stereocenters. The van der Waals surface area contributed by atoms with Gasteiger partial charge >= 0.3 is 0 Å². The fraction of sp³-hybridized carbons (Fsp3) is 0.618. The molecular weight excluding hydrogens is 552 g/mol. The van der Waals surface area contributed by atoms with Crippen molar-refractivity contribution >= 4 is 5.78 Å². The summed E-state index contributed by atoms with van der Waals surface area (Å²) in [6.07, 6.45) is -0.967. The van der Waals surface area contributed by atoms with E-state index >= 15 is 0 Å². The Morgan fingerprint density at radius 1 is 0.837 bits per heavy atom. The van der Waals surface area contributed by atoms with E-state index in [1.165, 1.54) is 0 Å². The lowest BCUT2D eigenvalue weighted by atomic mass is 9.67. The van der Waals surface area contributed by atoms with Crippen molar-refractivity contribution in [3.8, 4) is 5.75 Å². The molecule has 0 aliphatic heterocycles. The number of Topliss-reactive ketones (excluding diaryl/α,β-unsaturated/α-hetero) is 1. The number of ketones is 1. The maximum atomic E-state index is 14.1. The molecule has 2 bridgehead atoms. The topological polar surface area (TPSA) is 102 Å². The van der Waals surface area contributed by atoms with Crippen molar-refractivity contribution in [2.75, 3.05) is 34.6 Å². The smallest absolute Gasteiger partial charge is 0.193 e. The first-order chi connectivity index (χ1) is 20.6. The highest BCUT2D eigenvalue weighted by molar-refractivity contribution is 5.92. The van der Waals surface area contributed by atoms with Crippen molar-refractivity contribution in [2.45, 2.75) is 84.1 Å². The number of ether oxygens (including phenoxy) is 7. The standard InChI is InChI=1S/C34H48O9/c1-32(2)18-28(35)30(36)34(43-23-40-20-25-12-14-26(38-6)15-13-25)17-16-27(33(34,3)4)29(41-21-37-5)31(32)42-22-39-19-24-10-8-7-9-11-24/h7-15,27-29,31,35H,16-23H2,1-6H3/t27-,28-,29-,31-,34-/m1/s1. The highest BCUT2D eigenvalue weighted by Crippen LogP contribution is 2.58. The number of rotatable bonds is 14. The van der Waals surface area contributed by atoms with E-state index in [2.05, 4.69) is 0 Å². The van der Waals surface area contributed by atoms with Crippen LogP contribution < -0.4 is 4.74 Å². The molecule has 9 nitrogen and oxygen atoms in total. The van der Waals surface area contributed by atoms with Crippen LogP contribution in [0.2, 0.25) is 0 Å². The Balaban J connectivity index is 1.54. The van der Waals surface area contributed by atoms with Crippen molar-refractivity contribution in [3.05, 3.63) is 65.7 Å². The molecule has 2 saturated carbocycles. The first-order valence-electron chi connectivity index (χ1n) is 15.0. The van der Waals surface area contributed by atoms with Gasteiger partial charge in [-0.05, 0) is 53.9 Å². The van der Waals surface area contributed by atoms with Crippen molar-refractivity contribution in [2.24, 2.45) is 16.7 Å². The van der Waals surface area contributed by atoms with Gasteiger partial charge in [0.25, 0.3) is 0 Å². The lowest BCUT2D eigenvalue weighted by Crippen LogP contribution is -2.57. The van der Waals surface area contributed by atoms with Gasteiger partial charge in [0, 0.05) is 12.5 Å². The van der Waals surface area contributed by atoms with Gasteiger partial charge in [-0.15, -0.1) is 0 Å². The summed E-state index contributed by atoms with van der Waals surface area (Å²) < 4.78 is 41.6. The van der Waals surface area contributed by atoms with E-state index in [0.717, 1.165) is 16.9 Å². The van der Waals surface area contributed by atoms with Crippen LogP contribution in [0.5, 0.6) is 5.75 Å². The van der Waals surface area contributed by atoms with E-state index < -0.39 is 34.7 Å². The van der Waals surface area contributed by atoms with Gasteiger partial charge in [-0.2, -0.15) is 0 Å². The zero-order valence-electron chi connectivity index (χ0n) is 26.4. The van der Waals surface area contributed by atoms with Crippen LogP contribution in [0.4, 0.5) is 0 Å². The molecule has 5 atom stereocenters. The molecule has 0 spiro atoms. The van der Waals surface area contributed by atoms with Crippen LogP contribution in [0.25, 0.3) is 0 Å². The third-order valence-corrected chi connectivity index (χ3v) is 9.30. The average molecular weight is 601 g/mol. The maximum Gasteiger partial charge on any atom is 0.193 e. The van der Waals surface area contributed by atoms with E-state index in [-0.39, 0.29) is 38.5 Å². The third-order valence-electron chi connectivity index (χ3n) is 9.30. The number of aliphatic hydroxyl groups excluding tert-OH is 1. The SMILES string of the molecule is COCO[C@H]1[C@@H](OCOCc2ccccc2)C(C)(C)C[C@@H](O)C(=O)[C@]2(OCOCc3ccc(OC)cc3)CC[C@H]1C2(C)C. The zero-order chi connectivity index (χ0) is 31.1. The molecule has 1 N–H and O–H groups in total. The molecule has 2 fully saturated rings. The van der Waals surface area contributed by atoms with E-state index in [4.69, 9.17) is 33.2 Å². The van der Waals surface area contributed by atoms with Crippen LogP contribution in [-0.2, 0) is 46.4 Å². The molecule has 0 heterocycles. The minimum Gasteiger partial charge on any atom is -0.497 e. The summed E-state index contributed by atoms with van der Waals surface area (Å²) in [6.45, 7) is 8.74. The Kier molecular flexibility index (Phi) is 11.4. The first kappa shape index (κ1) is 33.5. The third kappa shape index (κ3) is 7.48. The fourth-order valence-corrected chi connectivity index (χ4v) is 6.87. The van der Waals surface area contributed by atoms with E-state index in [0.29, 0.717) is 26.1 Å².